The second-order valence-electron chi connectivity index (χ2n) is 1.42. The Labute approximate surface area is 58.1 Å². The van der Waals surface area contributed by atoms with E-state index in [1.807, 2.05) is 0 Å². The van der Waals surface area contributed by atoms with E-state index in [-0.39, 0.29) is 0 Å². The molecule has 0 aromatic rings. The second kappa shape index (κ2) is 3.80. The molecule has 0 amide bonds. The molecule has 0 radical (unpaired) electrons. The third-order valence-electron chi connectivity index (χ3n) is 0.537. The van der Waals surface area contributed by atoms with Crippen LogP contribution in [0.1, 0.15) is 1.37 Å². The van der Waals surface area contributed by atoms with Gasteiger partial charge in [-0.25, -0.2) is 4.57 Å². The van der Waals surface area contributed by atoms with Crippen molar-refractivity contribution in [2.24, 2.45) is 0 Å². The van der Waals surface area contributed by atoms with Crippen LogP contribution >= 0.6 is 7.82 Å². The average Bonchev–Trinajstić information content (AvgIpc) is 1.80. The smallest absolute Gasteiger partial charge is 0.383 e. The lowest BCUT2D eigenvalue weighted by molar-refractivity contribution is -0.116. The molecule has 0 aliphatic heterocycles. The highest BCUT2D eigenvalue weighted by Crippen LogP contribution is 2.35. The molecule has 0 saturated heterocycles. The molecule has 0 aliphatic rings. The molecule has 0 aliphatic carbocycles. The van der Waals surface area contributed by atoms with E-state index >= 15 is 0 Å². The van der Waals surface area contributed by atoms with Gasteiger partial charge in [-0.3, -0.25) is 4.52 Å². The van der Waals surface area contributed by atoms with Crippen LogP contribution < -0.4 is 0 Å². The zero-order chi connectivity index (χ0) is 9.07. The summed E-state index contributed by atoms with van der Waals surface area (Å²) in [5.41, 5.74) is 0. The van der Waals surface area contributed by atoms with E-state index in [1.54, 1.807) is 0 Å². The van der Waals surface area contributed by atoms with Crippen LogP contribution in [0.3, 0.4) is 0 Å². The first kappa shape index (κ1) is 7.84. The van der Waals surface area contributed by atoms with Crippen LogP contribution in [-0.4, -0.2) is 33.9 Å². The Morgan fingerprint density at radius 3 is 2.60 bits per heavy atom. The highest BCUT2D eigenvalue weighted by molar-refractivity contribution is 7.46. The van der Waals surface area contributed by atoms with Gasteiger partial charge in [0, 0.05) is 0 Å². The summed E-state index contributed by atoms with van der Waals surface area (Å²) in [7, 11) is -4.65. The molecule has 0 heterocycles. The van der Waals surface area contributed by atoms with Crippen LogP contribution in [0.2, 0.25) is 0 Å². The number of aldehydes is 1. The summed E-state index contributed by atoms with van der Waals surface area (Å²) in [5, 5.41) is 8.48. The predicted octanol–water partition coefficient (Wildman–Crippen LogP) is -1.34. The van der Waals surface area contributed by atoms with Gasteiger partial charge in [0.05, 0.1) is 6.61 Å². The van der Waals surface area contributed by atoms with Crippen molar-refractivity contribution < 1.29 is 30.1 Å². The number of carbonyl (C=O) groups excluding carboxylic acids is 1. The van der Waals surface area contributed by atoms with Crippen LogP contribution in [0.4, 0.5) is 0 Å². The second-order valence-corrected chi connectivity index (χ2v) is 2.66. The van der Waals surface area contributed by atoms with Crippen molar-refractivity contribution in [3.8, 4) is 0 Å². The maximum Gasteiger partial charge on any atom is 0.469 e. The van der Waals surface area contributed by atoms with Gasteiger partial charge in [0.1, 0.15) is 7.47 Å². The summed E-state index contributed by atoms with van der Waals surface area (Å²) < 4.78 is 19.9. The van der Waals surface area contributed by atoms with E-state index in [1.165, 1.54) is 0 Å². The van der Waals surface area contributed by atoms with Gasteiger partial charge >= 0.3 is 7.82 Å². The summed E-state index contributed by atoms with van der Waals surface area (Å²) in [6.45, 7) is -0.868. The molecule has 6 nitrogen and oxygen atoms in total. The van der Waals surface area contributed by atoms with Gasteiger partial charge in [0.2, 0.25) is 0 Å². The Balaban J connectivity index is 3.72. The standard InChI is InChI=1S/C3H7O6P/c4-1-3(5)2-9-10(6,7)8/h1,3,5H,2H2,(H2,6,7,8)/i1T. The quantitative estimate of drug-likeness (QED) is 0.358. The molecule has 0 aromatic heterocycles. The van der Waals surface area contributed by atoms with Crippen molar-refractivity contribution in [2.45, 2.75) is 6.10 Å². The van der Waals surface area contributed by atoms with Crippen LogP contribution in [0.5, 0.6) is 0 Å². The van der Waals surface area contributed by atoms with E-state index < -0.39 is 26.8 Å². The summed E-state index contributed by atoms with van der Waals surface area (Å²) in [6, 6.07) is 0. The molecule has 3 N–H and O–H groups in total. The monoisotopic (exact) mass is 172 g/mol. The Hall–Kier alpha value is -0.260. The van der Waals surface area contributed by atoms with Crippen LogP contribution in [0.25, 0.3) is 0 Å². The molecule has 0 spiro atoms. The van der Waals surface area contributed by atoms with Crippen molar-refractivity contribution in [2.75, 3.05) is 6.61 Å². The number of carbonyl (C=O) groups is 1. The molecule has 0 rings (SSSR count). The fraction of sp³-hybridized carbons (Fsp3) is 0.667. The Morgan fingerprint density at radius 2 is 2.30 bits per heavy atom. The zero-order valence-corrected chi connectivity index (χ0v) is 5.69. The molecule has 1 atom stereocenters. The third-order valence-corrected chi connectivity index (χ3v) is 1.02. The summed E-state index contributed by atoms with van der Waals surface area (Å²) >= 11 is 0. The SMILES string of the molecule is [3H]C(=O)C(O)COP(=O)(O)O. The minimum absolute atomic E-state index is 0.868. The van der Waals surface area contributed by atoms with Gasteiger partial charge in [-0.15, -0.1) is 0 Å². The van der Waals surface area contributed by atoms with Crippen molar-refractivity contribution in [1.29, 1.82) is 0 Å². The molecule has 1 unspecified atom stereocenters. The zero-order valence-electron chi connectivity index (χ0n) is 5.80. The minimum atomic E-state index is -4.65. The lowest BCUT2D eigenvalue weighted by Crippen LogP contribution is -2.15. The maximum atomic E-state index is 9.95. The van der Waals surface area contributed by atoms with Crippen molar-refractivity contribution in [3.05, 3.63) is 0 Å². The van der Waals surface area contributed by atoms with Gasteiger partial charge in [0.25, 0.3) is 0 Å². The molecular formula is C3H7O6P. The van der Waals surface area contributed by atoms with Gasteiger partial charge in [-0.1, -0.05) is 0 Å². The highest BCUT2D eigenvalue weighted by atomic mass is 31.2. The number of phosphoric ester groups is 1. The summed E-state index contributed by atoms with van der Waals surface area (Å²) in [4.78, 5) is 26.1. The molecule has 0 saturated carbocycles. The molecular weight excluding hydrogens is 163 g/mol. The summed E-state index contributed by atoms with van der Waals surface area (Å²) in [5.74, 6) is 0. The molecule has 0 bridgehead atoms. The van der Waals surface area contributed by atoms with E-state index in [0.29, 0.717) is 0 Å². The topological polar surface area (TPSA) is 104 Å². The largest absolute Gasteiger partial charge is 0.469 e. The maximum absolute atomic E-state index is 9.95. The lowest BCUT2D eigenvalue weighted by Gasteiger charge is -2.04. The van der Waals surface area contributed by atoms with Crippen molar-refractivity contribution >= 4 is 14.1 Å². The van der Waals surface area contributed by atoms with Crippen LogP contribution in [0, 0.1) is 0 Å². The third kappa shape index (κ3) is 5.87. The Kier molecular flexibility index (Phi) is 2.98. The van der Waals surface area contributed by atoms with Crippen molar-refractivity contribution in [3.63, 3.8) is 0 Å². The van der Waals surface area contributed by atoms with Gasteiger partial charge < -0.3 is 19.7 Å². The van der Waals surface area contributed by atoms with Crippen molar-refractivity contribution in [1.82, 2.24) is 0 Å². The molecule has 0 aromatic carbocycles. The van der Waals surface area contributed by atoms with Gasteiger partial charge in [0.15, 0.2) is 6.26 Å². The lowest BCUT2D eigenvalue weighted by atomic mass is 10.4. The Bertz CT molecular complexity index is 186. The first-order chi connectivity index (χ1) is 4.83. The van der Waals surface area contributed by atoms with Gasteiger partial charge in [-0.05, 0) is 0 Å². The Morgan fingerprint density at radius 1 is 1.80 bits per heavy atom. The minimum Gasteiger partial charge on any atom is -0.383 e. The fourth-order valence-electron chi connectivity index (χ4n) is 0.202. The van der Waals surface area contributed by atoms with E-state index in [9.17, 15) is 9.36 Å². The van der Waals surface area contributed by atoms with E-state index in [4.69, 9.17) is 16.3 Å². The average molecular weight is 172 g/mol. The molecule has 7 heteroatoms. The highest BCUT2D eigenvalue weighted by Gasteiger charge is 2.15. The number of rotatable bonds is 4. The first-order valence-electron chi connectivity index (χ1n) is 2.71. The number of aliphatic hydroxyl groups excluding tert-OH is 1. The van der Waals surface area contributed by atoms with Crippen LogP contribution in [0.15, 0.2) is 0 Å². The molecule has 60 valence electrons. The first-order valence-corrected chi connectivity index (χ1v) is 3.74. The number of hydrogen-bond acceptors (Lipinski definition) is 4. The summed E-state index contributed by atoms with van der Waals surface area (Å²) in [6.07, 6.45) is -3.15. The van der Waals surface area contributed by atoms with Crippen LogP contribution in [-0.2, 0) is 13.9 Å². The normalized spacial score (nSPS) is 16.1. The van der Waals surface area contributed by atoms with E-state index in [0.717, 1.165) is 0 Å². The number of aliphatic hydroxyl groups is 1. The number of phosphoric acid groups is 1. The molecule has 0 fully saturated rings. The van der Waals surface area contributed by atoms with Gasteiger partial charge in [-0.2, -0.15) is 0 Å². The fourth-order valence-corrected chi connectivity index (χ4v) is 0.537. The predicted molar refractivity (Wildman–Crippen MR) is 30.1 cm³/mol. The number of hydrogen-bond donors (Lipinski definition) is 3. The molecule has 10 heavy (non-hydrogen) atoms. The van der Waals surface area contributed by atoms with E-state index in [2.05, 4.69) is 4.52 Å².